The Balaban J connectivity index is 2.16. The molecule has 0 spiro atoms. The first-order valence-corrected chi connectivity index (χ1v) is 6.90. The van der Waals surface area contributed by atoms with Crippen LogP contribution in [0.2, 0.25) is 5.02 Å². The summed E-state index contributed by atoms with van der Waals surface area (Å²) in [5.41, 5.74) is 4.03. The average Bonchev–Trinajstić information content (AvgIpc) is 2.39. The molecule has 0 heterocycles. The van der Waals surface area contributed by atoms with Gasteiger partial charge < -0.3 is 0 Å². The van der Waals surface area contributed by atoms with E-state index in [1.165, 1.54) is 16.7 Å². The van der Waals surface area contributed by atoms with Gasteiger partial charge in [-0.1, -0.05) is 67.9 Å². The fraction of sp³-hybridized carbons (Fsp3) is 0.294. The van der Waals surface area contributed by atoms with Crippen LogP contribution in [0.3, 0.4) is 0 Å². The molecule has 2 aromatic rings. The molecule has 0 N–H and O–H groups in total. The van der Waals surface area contributed by atoms with Crippen molar-refractivity contribution in [2.24, 2.45) is 0 Å². The molecule has 0 radical (unpaired) electrons. The highest BCUT2D eigenvalue weighted by atomic mass is 35.5. The summed E-state index contributed by atoms with van der Waals surface area (Å²) in [5.74, 6) is 0.450. The van der Waals surface area contributed by atoms with Gasteiger partial charge in [-0.3, -0.25) is 0 Å². The van der Waals surface area contributed by atoms with E-state index in [0.29, 0.717) is 5.92 Å². The lowest BCUT2D eigenvalue weighted by molar-refractivity contribution is 0.758. The molecule has 0 aromatic heterocycles. The summed E-state index contributed by atoms with van der Waals surface area (Å²) in [6, 6.07) is 17.0. The second kappa shape index (κ2) is 6.06. The van der Waals surface area contributed by atoms with Gasteiger partial charge in [-0.15, -0.1) is 0 Å². The number of aryl methyl sites for hydroxylation is 1. The van der Waals surface area contributed by atoms with Gasteiger partial charge in [0.15, 0.2) is 0 Å². The van der Waals surface area contributed by atoms with Crippen LogP contribution in [0, 0.1) is 0 Å². The molecule has 0 nitrogen and oxygen atoms in total. The van der Waals surface area contributed by atoms with E-state index in [4.69, 9.17) is 11.6 Å². The van der Waals surface area contributed by atoms with E-state index in [9.17, 15) is 0 Å². The monoisotopic (exact) mass is 258 g/mol. The van der Waals surface area contributed by atoms with Crippen molar-refractivity contribution in [2.75, 3.05) is 0 Å². The smallest absolute Gasteiger partial charge is 0.0440 e. The molecule has 0 bridgehead atoms. The molecule has 0 aliphatic heterocycles. The van der Waals surface area contributed by atoms with E-state index in [2.05, 4.69) is 50.2 Å². The van der Waals surface area contributed by atoms with Crippen molar-refractivity contribution < 1.29 is 0 Å². The van der Waals surface area contributed by atoms with Crippen molar-refractivity contribution in [1.82, 2.24) is 0 Å². The third kappa shape index (κ3) is 3.14. The molecule has 0 saturated carbocycles. The van der Waals surface area contributed by atoms with Gasteiger partial charge in [0.05, 0.1) is 0 Å². The van der Waals surface area contributed by atoms with Crippen molar-refractivity contribution in [3.8, 4) is 0 Å². The zero-order chi connectivity index (χ0) is 13.0. The fourth-order valence-electron chi connectivity index (χ4n) is 2.31. The molecule has 1 unspecified atom stereocenters. The Hall–Kier alpha value is -1.27. The van der Waals surface area contributed by atoms with Gasteiger partial charge in [-0.2, -0.15) is 0 Å². The SMILES string of the molecule is CCc1cccc(CC(C)c2ccccc2Cl)c1. The molecular weight excluding hydrogens is 240 g/mol. The lowest BCUT2D eigenvalue weighted by Crippen LogP contribution is -1.99. The number of hydrogen-bond donors (Lipinski definition) is 0. The first-order chi connectivity index (χ1) is 8.70. The van der Waals surface area contributed by atoms with Crippen LogP contribution < -0.4 is 0 Å². The van der Waals surface area contributed by atoms with Crippen molar-refractivity contribution in [3.63, 3.8) is 0 Å². The molecule has 0 amide bonds. The molecule has 2 aromatic carbocycles. The van der Waals surface area contributed by atoms with Crippen LogP contribution in [0.15, 0.2) is 48.5 Å². The van der Waals surface area contributed by atoms with Gasteiger partial charge in [0, 0.05) is 5.02 Å². The van der Waals surface area contributed by atoms with Crippen LogP contribution in [0.5, 0.6) is 0 Å². The minimum atomic E-state index is 0.450. The topological polar surface area (TPSA) is 0 Å². The second-order valence-electron chi connectivity index (χ2n) is 4.80. The zero-order valence-electron chi connectivity index (χ0n) is 11.0. The highest BCUT2D eigenvalue weighted by molar-refractivity contribution is 6.31. The number of hydrogen-bond acceptors (Lipinski definition) is 0. The zero-order valence-corrected chi connectivity index (χ0v) is 11.7. The van der Waals surface area contributed by atoms with E-state index in [0.717, 1.165) is 17.9 Å². The predicted octanol–water partition coefficient (Wildman–Crippen LogP) is 5.25. The first kappa shape index (κ1) is 13.2. The predicted molar refractivity (Wildman–Crippen MR) is 79.4 cm³/mol. The highest BCUT2D eigenvalue weighted by Crippen LogP contribution is 2.27. The van der Waals surface area contributed by atoms with Crippen molar-refractivity contribution in [3.05, 3.63) is 70.2 Å². The summed E-state index contributed by atoms with van der Waals surface area (Å²) in [6.45, 7) is 4.43. The van der Waals surface area contributed by atoms with E-state index in [1.54, 1.807) is 0 Å². The van der Waals surface area contributed by atoms with Crippen LogP contribution in [0.25, 0.3) is 0 Å². The third-order valence-corrected chi connectivity index (χ3v) is 3.72. The maximum atomic E-state index is 6.24. The molecule has 0 aliphatic rings. The number of benzene rings is 2. The lowest BCUT2D eigenvalue weighted by atomic mass is 9.93. The van der Waals surface area contributed by atoms with E-state index in [1.807, 2.05) is 12.1 Å². The molecule has 1 heteroatoms. The van der Waals surface area contributed by atoms with E-state index in [-0.39, 0.29) is 0 Å². The van der Waals surface area contributed by atoms with Gasteiger partial charge in [0.25, 0.3) is 0 Å². The van der Waals surface area contributed by atoms with Crippen LogP contribution in [0.4, 0.5) is 0 Å². The Labute approximate surface area is 115 Å². The standard InChI is InChI=1S/C17H19Cl/c1-3-14-7-6-8-15(12-14)11-13(2)16-9-4-5-10-17(16)18/h4-10,12-13H,3,11H2,1-2H3. The van der Waals surface area contributed by atoms with E-state index >= 15 is 0 Å². The van der Waals surface area contributed by atoms with Gasteiger partial charge >= 0.3 is 0 Å². The first-order valence-electron chi connectivity index (χ1n) is 6.53. The fourth-order valence-corrected chi connectivity index (χ4v) is 2.64. The maximum absolute atomic E-state index is 6.24. The Morgan fingerprint density at radius 1 is 1.00 bits per heavy atom. The van der Waals surface area contributed by atoms with Crippen molar-refractivity contribution in [2.45, 2.75) is 32.6 Å². The molecule has 18 heavy (non-hydrogen) atoms. The summed E-state index contributed by atoms with van der Waals surface area (Å²) in [5, 5.41) is 0.872. The van der Waals surface area contributed by atoms with Gasteiger partial charge in [-0.25, -0.2) is 0 Å². The van der Waals surface area contributed by atoms with Crippen LogP contribution in [0.1, 0.15) is 36.5 Å². The summed E-state index contributed by atoms with van der Waals surface area (Å²) < 4.78 is 0. The number of halogens is 1. The van der Waals surface area contributed by atoms with Crippen LogP contribution >= 0.6 is 11.6 Å². The van der Waals surface area contributed by atoms with Crippen LogP contribution in [-0.4, -0.2) is 0 Å². The summed E-state index contributed by atoms with van der Waals surface area (Å²) >= 11 is 6.24. The summed E-state index contributed by atoms with van der Waals surface area (Å²) in [7, 11) is 0. The molecule has 0 aliphatic carbocycles. The minimum Gasteiger partial charge on any atom is -0.0840 e. The second-order valence-corrected chi connectivity index (χ2v) is 5.21. The van der Waals surface area contributed by atoms with Gasteiger partial charge in [0.2, 0.25) is 0 Å². The van der Waals surface area contributed by atoms with Gasteiger partial charge in [0.1, 0.15) is 0 Å². The summed E-state index contributed by atoms with van der Waals surface area (Å²) in [4.78, 5) is 0. The van der Waals surface area contributed by atoms with E-state index < -0.39 is 0 Å². The maximum Gasteiger partial charge on any atom is 0.0440 e. The average molecular weight is 259 g/mol. The Kier molecular flexibility index (Phi) is 4.43. The third-order valence-electron chi connectivity index (χ3n) is 3.38. The largest absolute Gasteiger partial charge is 0.0840 e. The van der Waals surface area contributed by atoms with Crippen molar-refractivity contribution in [1.29, 1.82) is 0 Å². The Morgan fingerprint density at radius 3 is 2.44 bits per heavy atom. The quantitative estimate of drug-likeness (QED) is 0.703. The molecule has 2 rings (SSSR count). The summed E-state index contributed by atoms with van der Waals surface area (Å²) in [6.07, 6.45) is 2.13. The molecular formula is C17H19Cl. The Morgan fingerprint density at radius 2 is 1.72 bits per heavy atom. The normalized spacial score (nSPS) is 12.4. The molecule has 94 valence electrons. The lowest BCUT2D eigenvalue weighted by Gasteiger charge is -2.14. The molecule has 0 fully saturated rings. The minimum absolute atomic E-state index is 0.450. The Bertz CT molecular complexity index is 517. The highest BCUT2D eigenvalue weighted by Gasteiger charge is 2.10. The number of rotatable bonds is 4. The van der Waals surface area contributed by atoms with Crippen molar-refractivity contribution >= 4 is 11.6 Å². The van der Waals surface area contributed by atoms with Gasteiger partial charge in [-0.05, 0) is 41.5 Å². The van der Waals surface area contributed by atoms with Crippen LogP contribution in [-0.2, 0) is 12.8 Å². The molecule has 1 atom stereocenters. The molecule has 0 saturated heterocycles.